The lowest BCUT2D eigenvalue weighted by Crippen LogP contribution is -2.16. The van der Waals surface area contributed by atoms with Crippen LogP contribution < -0.4 is 10.1 Å². The molecular weight excluding hydrogens is 216 g/mol. The summed E-state index contributed by atoms with van der Waals surface area (Å²) in [6.45, 7) is 3.22. The van der Waals surface area contributed by atoms with Crippen molar-refractivity contribution in [2.24, 2.45) is 5.92 Å². The molecule has 4 nitrogen and oxygen atoms in total. The normalized spacial score (nSPS) is 12.2. The number of aliphatic hydroxyl groups excluding tert-OH is 1. The lowest BCUT2D eigenvalue weighted by molar-refractivity contribution is 0.255. The van der Waals surface area contributed by atoms with E-state index in [4.69, 9.17) is 9.84 Å². The quantitative estimate of drug-likeness (QED) is 0.729. The average Bonchev–Trinajstić information content (AvgIpc) is 2.37. The minimum atomic E-state index is 0.242. The molecule has 1 unspecified atom stereocenters. The summed E-state index contributed by atoms with van der Waals surface area (Å²) in [5.74, 6) is 2.01. The van der Waals surface area contributed by atoms with Gasteiger partial charge in [0.25, 0.3) is 0 Å². The summed E-state index contributed by atoms with van der Waals surface area (Å²) in [5, 5.41) is 12.3. The molecule has 0 aromatic carbocycles. The summed E-state index contributed by atoms with van der Waals surface area (Å²) in [4.78, 5) is 4.24. The van der Waals surface area contributed by atoms with Crippen LogP contribution in [0.5, 0.6) is 5.75 Å². The zero-order valence-corrected chi connectivity index (χ0v) is 10.6. The van der Waals surface area contributed by atoms with Crippen LogP contribution in [-0.2, 0) is 0 Å². The lowest BCUT2D eigenvalue weighted by Gasteiger charge is -2.17. The van der Waals surface area contributed by atoms with Gasteiger partial charge in [-0.2, -0.15) is 0 Å². The third kappa shape index (κ3) is 4.61. The van der Waals surface area contributed by atoms with E-state index in [1.807, 2.05) is 12.1 Å². The van der Waals surface area contributed by atoms with Crippen molar-refractivity contribution < 1.29 is 9.84 Å². The van der Waals surface area contributed by atoms with E-state index in [0.29, 0.717) is 5.92 Å². The molecule has 1 aromatic heterocycles. The third-order valence-corrected chi connectivity index (χ3v) is 2.78. The Balaban J connectivity index is 2.52. The number of nitrogens with one attached hydrogen (secondary N) is 1. The molecule has 17 heavy (non-hydrogen) atoms. The number of rotatable bonds is 8. The molecule has 1 rings (SSSR count). The fraction of sp³-hybridized carbons (Fsp3) is 0.615. The minimum Gasteiger partial charge on any atom is -0.493 e. The minimum absolute atomic E-state index is 0.242. The van der Waals surface area contributed by atoms with Gasteiger partial charge >= 0.3 is 0 Å². The molecule has 1 heterocycles. The summed E-state index contributed by atoms with van der Waals surface area (Å²) in [6.07, 6.45) is 4.82. The van der Waals surface area contributed by atoms with Crippen LogP contribution in [0.25, 0.3) is 0 Å². The summed E-state index contributed by atoms with van der Waals surface area (Å²) < 4.78 is 5.22. The van der Waals surface area contributed by atoms with Crippen molar-refractivity contribution in [3.8, 4) is 5.75 Å². The van der Waals surface area contributed by atoms with Gasteiger partial charge in [0.2, 0.25) is 0 Å². The maximum atomic E-state index is 8.99. The van der Waals surface area contributed by atoms with Gasteiger partial charge in [-0.25, -0.2) is 4.98 Å². The van der Waals surface area contributed by atoms with Gasteiger partial charge in [0.15, 0.2) is 11.6 Å². The topological polar surface area (TPSA) is 54.4 Å². The predicted molar refractivity (Wildman–Crippen MR) is 69.4 cm³/mol. The van der Waals surface area contributed by atoms with Crippen LogP contribution >= 0.6 is 0 Å². The van der Waals surface area contributed by atoms with E-state index in [2.05, 4.69) is 17.2 Å². The van der Waals surface area contributed by atoms with E-state index in [1.54, 1.807) is 13.3 Å². The fourth-order valence-corrected chi connectivity index (χ4v) is 1.87. The van der Waals surface area contributed by atoms with Crippen LogP contribution in [0.1, 0.15) is 26.2 Å². The predicted octanol–water partition coefficient (Wildman–Crippen LogP) is 2.30. The van der Waals surface area contributed by atoms with Crippen molar-refractivity contribution in [2.45, 2.75) is 26.2 Å². The average molecular weight is 238 g/mol. The zero-order valence-electron chi connectivity index (χ0n) is 10.6. The van der Waals surface area contributed by atoms with Crippen LogP contribution in [0.2, 0.25) is 0 Å². The van der Waals surface area contributed by atoms with E-state index in [0.717, 1.165) is 37.4 Å². The largest absolute Gasteiger partial charge is 0.493 e. The van der Waals surface area contributed by atoms with Crippen molar-refractivity contribution in [2.75, 3.05) is 25.6 Å². The molecule has 0 bridgehead atoms. The Morgan fingerprint density at radius 1 is 1.47 bits per heavy atom. The van der Waals surface area contributed by atoms with Crippen molar-refractivity contribution in [1.82, 2.24) is 4.98 Å². The maximum absolute atomic E-state index is 8.99. The summed E-state index contributed by atoms with van der Waals surface area (Å²) >= 11 is 0. The second kappa shape index (κ2) is 7.90. The van der Waals surface area contributed by atoms with E-state index < -0.39 is 0 Å². The monoisotopic (exact) mass is 238 g/mol. The Hall–Kier alpha value is -1.29. The number of methoxy groups -OCH3 is 1. The highest BCUT2D eigenvalue weighted by molar-refractivity contribution is 5.49. The molecule has 0 aliphatic heterocycles. The van der Waals surface area contributed by atoms with Crippen molar-refractivity contribution >= 4 is 5.82 Å². The van der Waals surface area contributed by atoms with Gasteiger partial charge in [-0.3, -0.25) is 0 Å². The molecule has 0 aliphatic carbocycles. The van der Waals surface area contributed by atoms with Crippen LogP contribution in [0.4, 0.5) is 5.82 Å². The van der Waals surface area contributed by atoms with Crippen molar-refractivity contribution in [3.05, 3.63) is 18.3 Å². The number of anilines is 1. The first-order chi connectivity index (χ1) is 8.31. The SMILES string of the molecule is CCCC(CCO)CNc1ncccc1OC. The molecule has 2 N–H and O–H groups in total. The highest BCUT2D eigenvalue weighted by Crippen LogP contribution is 2.21. The number of ether oxygens (including phenoxy) is 1. The van der Waals surface area contributed by atoms with Crippen LogP contribution in [0.3, 0.4) is 0 Å². The number of pyridine rings is 1. The highest BCUT2D eigenvalue weighted by Gasteiger charge is 2.09. The van der Waals surface area contributed by atoms with Gasteiger partial charge in [-0.05, 0) is 30.9 Å². The first kappa shape index (κ1) is 13.8. The van der Waals surface area contributed by atoms with Gasteiger partial charge in [-0.15, -0.1) is 0 Å². The summed E-state index contributed by atoms with van der Waals surface area (Å²) in [5.41, 5.74) is 0. The molecule has 1 atom stereocenters. The van der Waals surface area contributed by atoms with Gasteiger partial charge in [0.05, 0.1) is 7.11 Å². The Kier molecular flexibility index (Phi) is 6.40. The fourth-order valence-electron chi connectivity index (χ4n) is 1.87. The zero-order chi connectivity index (χ0) is 12.5. The molecule has 4 heteroatoms. The Morgan fingerprint density at radius 2 is 2.29 bits per heavy atom. The van der Waals surface area contributed by atoms with Gasteiger partial charge < -0.3 is 15.2 Å². The second-order valence-corrected chi connectivity index (χ2v) is 4.10. The second-order valence-electron chi connectivity index (χ2n) is 4.10. The van der Waals surface area contributed by atoms with Crippen molar-refractivity contribution in [1.29, 1.82) is 0 Å². The van der Waals surface area contributed by atoms with Crippen molar-refractivity contribution in [3.63, 3.8) is 0 Å². The first-order valence-corrected chi connectivity index (χ1v) is 6.15. The summed E-state index contributed by atoms with van der Waals surface area (Å²) in [7, 11) is 1.64. The molecule has 96 valence electrons. The third-order valence-electron chi connectivity index (χ3n) is 2.78. The van der Waals surface area contributed by atoms with E-state index in [-0.39, 0.29) is 6.61 Å². The molecule has 0 saturated heterocycles. The smallest absolute Gasteiger partial charge is 0.168 e. The van der Waals surface area contributed by atoms with Gasteiger partial charge in [0.1, 0.15) is 0 Å². The van der Waals surface area contributed by atoms with Gasteiger partial charge in [0, 0.05) is 19.3 Å². The summed E-state index contributed by atoms with van der Waals surface area (Å²) in [6, 6.07) is 3.73. The van der Waals surface area contributed by atoms with Crippen LogP contribution in [0, 0.1) is 5.92 Å². The maximum Gasteiger partial charge on any atom is 0.168 e. The number of nitrogens with zero attached hydrogens (tertiary/aromatic N) is 1. The van der Waals surface area contributed by atoms with E-state index in [9.17, 15) is 0 Å². The number of hydrogen-bond acceptors (Lipinski definition) is 4. The molecule has 0 spiro atoms. The highest BCUT2D eigenvalue weighted by atomic mass is 16.5. The van der Waals surface area contributed by atoms with Crippen LogP contribution in [-0.4, -0.2) is 30.4 Å². The molecule has 0 aliphatic rings. The molecule has 0 saturated carbocycles. The first-order valence-electron chi connectivity index (χ1n) is 6.15. The molecular formula is C13H22N2O2. The molecule has 1 aromatic rings. The van der Waals surface area contributed by atoms with E-state index >= 15 is 0 Å². The lowest BCUT2D eigenvalue weighted by atomic mass is 10.0. The van der Waals surface area contributed by atoms with Crippen LogP contribution in [0.15, 0.2) is 18.3 Å². The Morgan fingerprint density at radius 3 is 2.94 bits per heavy atom. The standard InChI is InChI=1S/C13H22N2O2/c1-3-5-11(7-9-16)10-15-13-12(17-2)6-4-8-14-13/h4,6,8,11,16H,3,5,7,9-10H2,1-2H3,(H,14,15). The number of aliphatic hydroxyl groups is 1. The number of hydrogen-bond donors (Lipinski definition) is 2. The Labute approximate surface area is 103 Å². The molecule has 0 radical (unpaired) electrons. The number of aromatic nitrogens is 1. The Bertz CT molecular complexity index is 312. The molecule has 0 fully saturated rings. The molecule has 0 amide bonds. The van der Waals surface area contributed by atoms with E-state index in [1.165, 1.54) is 0 Å². The van der Waals surface area contributed by atoms with Gasteiger partial charge in [-0.1, -0.05) is 13.3 Å².